The fourth-order valence-corrected chi connectivity index (χ4v) is 4.39. The molecule has 1 aliphatic heterocycles. The molecule has 0 fully saturated rings. The number of rotatable bonds is 2. The molecule has 0 spiro atoms. The Morgan fingerprint density at radius 1 is 1.40 bits per heavy atom. The van der Waals surface area contributed by atoms with E-state index in [1.165, 1.54) is 4.88 Å². The molecule has 0 radical (unpaired) electrons. The lowest BCUT2D eigenvalue weighted by Crippen LogP contribution is -2.21. The Hall–Kier alpha value is -3.02. The minimum absolute atomic E-state index is 0.0382. The van der Waals surface area contributed by atoms with Gasteiger partial charge in [0.2, 0.25) is 0 Å². The van der Waals surface area contributed by atoms with Gasteiger partial charge in [0, 0.05) is 30.4 Å². The van der Waals surface area contributed by atoms with Gasteiger partial charge in [0.15, 0.2) is 5.65 Å². The molecule has 0 atom stereocenters. The van der Waals surface area contributed by atoms with Crippen LogP contribution in [-0.2, 0) is 19.6 Å². The summed E-state index contributed by atoms with van der Waals surface area (Å²) in [5, 5.41) is 13.2. The fraction of sp³-hybridized carbons (Fsp3) is 0.176. The zero-order valence-electron chi connectivity index (χ0n) is 13.1. The lowest BCUT2D eigenvalue weighted by molar-refractivity contribution is 0.732. The third-order valence-electron chi connectivity index (χ3n) is 4.43. The first kappa shape index (κ1) is 14.3. The summed E-state index contributed by atoms with van der Waals surface area (Å²) in [4.78, 5) is 23.9. The fourth-order valence-electron chi connectivity index (χ4n) is 3.27. The molecule has 0 aliphatic carbocycles. The van der Waals surface area contributed by atoms with Crippen molar-refractivity contribution in [3.63, 3.8) is 0 Å². The predicted molar refractivity (Wildman–Crippen MR) is 93.4 cm³/mol. The van der Waals surface area contributed by atoms with Crippen molar-refractivity contribution in [1.82, 2.24) is 24.3 Å². The summed E-state index contributed by atoms with van der Waals surface area (Å²) in [6, 6.07) is 5.67. The second kappa shape index (κ2) is 5.24. The summed E-state index contributed by atoms with van der Waals surface area (Å²) in [6.45, 7) is 1.85. The van der Waals surface area contributed by atoms with Crippen molar-refractivity contribution in [1.29, 1.82) is 5.26 Å². The third-order valence-corrected chi connectivity index (χ3v) is 5.57. The average Bonchev–Trinajstić information content (AvgIpc) is 3.30. The quantitative estimate of drug-likeness (QED) is 0.595. The molecule has 0 saturated carbocycles. The minimum Gasteiger partial charge on any atom is -0.308 e. The number of nitrogens with one attached hydrogen (secondary N) is 1. The Kier molecular flexibility index (Phi) is 3.00. The normalized spacial score (nSPS) is 13.4. The van der Waals surface area contributed by atoms with Gasteiger partial charge in [-0.1, -0.05) is 0 Å². The molecule has 4 aromatic heterocycles. The van der Waals surface area contributed by atoms with Gasteiger partial charge in [0.1, 0.15) is 10.9 Å². The lowest BCUT2D eigenvalue weighted by atomic mass is 10.2. The van der Waals surface area contributed by atoms with E-state index in [-0.39, 0.29) is 5.56 Å². The zero-order chi connectivity index (χ0) is 17.0. The van der Waals surface area contributed by atoms with Crippen LogP contribution < -0.4 is 10.9 Å². The Morgan fingerprint density at radius 3 is 3.20 bits per heavy atom. The van der Waals surface area contributed by atoms with Gasteiger partial charge < -0.3 is 9.72 Å². The van der Waals surface area contributed by atoms with Crippen LogP contribution >= 0.6 is 11.3 Å². The predicted octanol–water partition coefficient (Wildman–Crippen LogP) is 1.63. The Morgan fingerprint density at radius 2 is 2.32 bits per heavy atom. The number of fused-ring (bicyclic) bond motifs is 4. The number of hydrogen-bond donors (Lipinski definition) is 1. The third kappa shape index (κ3) is 2.10. The average molecular weight is 348 g/mol. The van der Waals surface area contributed by atoms with Crippen molar-refractivity contribution in [3.05, 3.63) is 62.9 Å². The molecule has 25 heavy (non-hydrogen) atoms. The molecule has 4 aromatic rings. The highest BCUT2D eigenvalue weighted by Crippen LogP contribution is 2.30. The van der Waals surface area contributed by atoms with Crippen LogP contribution in [0.2, 0.25) is 0 Å². The summed E-state index contributed by atoms with van der Waals surface area (Å²) in [5.41, 5.74) is 2.87. The van der Waals surface area contributed by atoms with Crippen LogP contribution in [0.3, 0.4) is 0 Å². The van der Waals surface area contributed by atoms with Crippen LogP contribution in [-0.4, -0.2) is 18.9 Å². The summed E-state index contributed by atoms with van der Waals surface area (Å²) in [6.07, 6.45) is 5.26. The first-order valence-electron chi connectivity index (χ1n) is 7.81. The molecule has 0 amide bonds. The molecule has 0 unspecified atom stereocenters. The Labute approximate surface area is 145 Å². The van der Waals surface area contributed by atoms with Crippen molar-refractivity contribution >= 4 is 27.2 Å². The van der Waals surface area contributed by atoms with E-state index < -0.39 is 0 Å². The van der Waals surface area contributed by atoms with Crippen LogP contribution in [0.5, 0.6) is 0 Å². The molecular weight excluding hydrogens is 336 g/mol. The largest absolute Gasteiger partial charge is 0.308 e. The Balaban J connectivity index is 1.62. The maximum Gasteiger partial charge on any atom is 0.262 e. The molecule has 7 nitrogen and oxygen atoms in total. The summed E-state index contributed by atoms with van der Waals surface area (Å²) >= 11 is 1.58. The molecule has 122 valence electrons. The number of pyridine rings is 1. The molecular formula is C17H12N6OS. The Bertz CT molecular complexity index is 1240. The van der Waals surface area contributed by atoms with Gasteiger partial charge >= 0.3 is 0 Å². The second-order valence-corrected chi connectivity index (χ2v) is 7.05. The van der Waals surface area contributed by atoms with Crippen molar-refractivity contribution in [3.8, 4) is 6.07 Å². The monoisotopic (exact) mass is 348 g/mol. The highest BCUT2D eigenvalue weighted by Gasteiger charge is 2.21. The van der Waals surface area contributed by atoms with Crippen LogP contribution in [0.25, 0.3) is 15.9 Å². The van der Waals surface area contributed by atoms with E-state index in [0.29, 0.717) is 23.1 Å². The number of thiophene rings is 1. The highest BCUT2D eigenvalue weighted by atomic mass is 32.1. The molecule has 5 heterocycles. The summed E-state index contributed by atoms with van der Waals surface area (Å²) in [5.74, 6) is 0. The van der Waals surface area contributed by atoms with Gasteiger partial charge in [-0.15, -0.1) is 11.3 Å². The van der Waals surface area contributed by atoms with Gasteiger partial charge in [-0.05, 0) is 17.7 Å². The van der Waals surface area contributed by atoms with Crippen molar-refractivity contribution in [2.24, 2.45) is 0 Å². The van der Waals surface area contributed by atoms with E-state index in [1.807, 2.05) is 12.4 Å². The van der Waals surface area contributed by atoms with E-state index in [0.717, 1.165) is 29.2 Å². The van der Waals surface area contributed by atoms with Crippen LogP contribution in [0.4, 0.5) is 0 Å². The summed E-state index contributed by atoms with van der Waals surface area (Å²) < 4.78 is 3.39. The molecule has 0 aromatic carbocycles. The van der Waals surface area contributed by atoms with Gasteiger partial charge in [-0.3, -0.25) is 9.36 Å². The van der Waals surface area contributed by atoms with Crippen molar-refractivity contribution in [2.45, 2.75) is 19.6 Å². The number of nitrogens with zero attached hydrogens (tertiary/aromatic N) is 5. The minimum atomic E-state index is -0.0382. The van der Waals surface area contributed by atoms with E-state index in [2.05, 4.69) is 21.4 Å². The molecule has 1 N–H and O–H groups in total. The standard InChI is InChI=1S/C17H12N6OS/c18-4-10-2-1-3-22-7-11(21-15(10)22)8-23-9-20-16-14(17(23)24)12-5-19-6-13(12)25-16/h1-3,7,9,19H,5-6,8H2. The number of nitriles is 1. The highest BCUT2D eigenvalue weighted by molar-refractivity contribution is 7.18. The van der Waals surface area contributed by atoms with Crippen LogP contribution in [0.1, 0.15) is 21.7 Å². The number of aromatic nitrogens is 4. The number of imidazole rings is 1. The van der Waals surface area contributed by atoms with Crippen molar-refractivity contribution < 1.29 is 0 Å². The van der Waals surface area contributed by atoms with E-state index in [1.54, 1.807) is 38.8 Å². The van der Waals surface area contributed by atoms with Gasteiger partial charge in [0.25, 0.3) is 5.56 Å². The molecule has 1 aliphatic rings. The number of hydrogen-bond acceptors (Lipinski definition) is 6. The van der Waals surface area contributed by atoms with E-state index >= 15 is 0 Å². The van der Waals surface area contributed by atoms with E-state index in [4.69, 9.17) is 0 Å². The topological polar surface area (TPSA) is 88.0 Å². The van der Waals surface area contributed by atoms with Gasteiger partial charge in [0.05, 0.1) is 29.5 Å². The van der Waals surface area contributed by atoms with Gasteiger partial charge in [-0.2, -0.15) is 5.26 Å². The molecule has 8 heteroatoms. The maximum absolute atomic E-state index is 12.9. The maximum atomic E-state index is 12.9. The zero-order valence-corrected chi connectivity index (χ0v) is 13.9. The first-order chi connectivity index (χ1) is 12.2. The smallest absolute Gasteiger partial charge is 0.262 e. The second-order valence-electron chi connectivity index (χ2n) is 5.96. The van der Waals surface area contributed by atoms with Crippen LogP contribution in [0, 0.1) is 11.3 Å². The molecule has 5 rings (SSSR count). The first-order valence-corrected chi connectivity index (χ1v) is 8.63. The molecule has 0 saturated heterocycles. The van der Waals surface area contributed by atoms with Crippen LogP contribution in [0.15, 0.2) is 35.6 Å². The van der Waals surface area contributed by atoms with Gasteiger partial charge in [-0.25, -0.2) is 9.97 Å². The summed E-state index contributed by atoms with van der Waals surface area (Å²) in [7, 11) is 0. The van der Waals surface area contributed by atoms with E-state index in [9.17, 15) is 10.1 Å². The SMILES string of the molecule is N#Cc1cccn2cc(Cn3cnc4sc5c(c4c3=O)CNC5)nc12. The van der Waals surface area contributed by atoms with Crippen molar-refractivity contribution in [2.75, 3.05) is 0 Å². The molecule has 0 bridgehead atoms. The lowest BCUT2D eigenvalue weighted by Gasteiger charge is -2.03.